The zero-order valence-electron chi connectivity index (χ0n) is 11.0. The summed E-state index contributed by atoms with van der Waals surface area (Å²) in [7, 11) is 1.84. The number of epoxide rings is 2. The fourth-order valence-corrected chi connectivity index (χ4v) is 2.78. The van der Waals surface area contributed by atoms with Crippen molar-refractivity contribution >= 4 is 9.28 Å². The molecule has 0 aromatic carbocycles. The van der Waals surface area contributed by atoms with Crippen LogP contribution in [0.5, 0.6) is 0 Å². The molecule has 0 aromatic heterocycles. The van der Waals surface area contributed by atoms with E-state index in [0.29, 0.717) is 13.2 Å². The van der Waals surface area contributed by atoms with Crippen LogP contribution in [0.25, 0.3) is 0 Å². The maximum absolute atomic E-state index is 5.69. The van der Waals surface area contributed by atoms with Crippen molar-refractivity contribution in [1.29, 1.82) is 0 Å². The zero-order valence-corrected chi connectivity index (χ0v) is 12.2. The monoisotopic (exact) mass is 278 g/mol. The smallest absolute Gasteiger partial charge is 0.321 e. The molecule has 0 aromatic rings. The van der Waals surface area contributed by atoms with Gasteiger partial charge in [0.25, 0.3) is 0 Å². The average Bonchev–Trinajstić information content (AvgIpc) is 3.27. The fraction of sp³-hybridized carbons (Fsp3) is 1.00. The van der Waals surface area contributed by atoms with Crippen LogP contribution >= 0.6 is 0 Å². The highest BCUT2D eigenvalue weighted by Gasteiger charge is 2.28. The predicted molar refractivity (Wildman–Crippen MR) is 65.8 cm³/mol. The van der Waals surface area contributed by atoms with Gasteiger partial charge in [0.2, 0.25) is 0 Å². The second-order valence-corrected chi connectivity index (χ2v) is 6.86. The van der Waals surface area contributed by atoms with Gasteiger partial charge in [-0.05, 0) is 6.04 Å². The number of rotatable bonds is 11. The highest BCUT2D eigenvalue weighted by Crippen LogP contribution is 2.16. The van der Waals surface area contributed by atoms with Crippen LogP contribution in [0.1, 0.15) is 6.42 Å². The summed E-state index contributed by atoms with van der Waals surface area (Å²) in [5, 5.41) is 0. The molecule has 2 unspecified atom stereocenters. The molecule has 2 aliphatic heterocycles. The highest BCUT2D eigenvalue weighted by molar-refractivity contribution is 6.44. The topological polar surface area (TPSA) is 62.0 Å². The quantitative estimate of drug-likeness (QED) is 0.302. The molecular weight excluding hydrogens is 256 g/mol. The summed E-state index contributed by atoms with van der Waals surface area (Å²) in [4.78, 5) is 0. The minimum atomic E-state index is -1.54. The Morgan fingerprint density at radius 1 is 1.06 bits per heavy atom. The molecule has 0 aliphatic carbocycles. The third-order valence-corrected chi connectivity index (χ3v) is 4.76. The summed E-state index contributed by atoms with van der Waals surface area (Å²) in [5.41, 5.74) is 0. The number of ether oxygens (including phenoxy) is 4. The van der Waals surface area contributed by atoms with Crippen molar-refractivity contribution in [3.63, 3.8) is 0 Å². The second-order valence-electron chi connectivity index (χ2n) is 4.49. The molecule has 2 rings (SSSR count). The Labute approximate surface area is 109 Å². The Hall–Kier alpha value is -0.0231. The van der Waals surface area contributed by atoms with Gasteiger partial charge in [-0.15, -0.1) is 0 Å². The van der Waals surface area contributed by atoms with Crippen LogP contribution in [0.15, 0.2) is 0 Å². The summed E-state index contributed by atoms with van der Waals surface area (Å²) in [6, 6.07) is 0.870. The Balaban J connectivity index is 1.63. The van der Waals surface area contributed by atoms with Crippen molar-refractivity contribution in [2.45, 2.75) is 31.0 Å². The van der Waals surface area contributed by atoms with Crippen LogP contribution in [-0.4, -0.2) is 68.4 Å². The summed E-state index contributed by atoms with van der Waals surface area (Å²) < 4.78 is 32.2. The minimum Gasteiger partial charge on any atom is -0.400 e. The molecule has 0 amide bonds. The van der Waals surface area contributed by atoms with Gasteiger partial charge in [-0.1, -0.05) is 0 Å². The van der Waals surface area contributed by atoms with Crippen LogP contribution in [-0.2, 0) is 27.8 Å². The van der Waals surface area contributed by atoms with Crippen molar-refractivity contribution in [3.8, 4) is 0 Å². The maximum atomic E-state index is 5.69. The summed E-state index contributed by atoms with van der Waals surface area (Å²) in [6.45, 7) is 2.79. The van der Waals surface area contributed by atoms with Crippen molar-refractivity contribution < 1.29 is 27.8 Å². The number of hydrogen-bond donors (Lipinski definition) is 0. The van der Waals surface area contributed by atoms with Crippen LogP contribution in [0.3, 0.4) is 0 Å². The molecule has 18 heavy (non-hydrogen) atoms. The van der Waals surface area contributed by atoms with E-state index in [4.69, 9.17) is 27.8 Å². The first-order valence-corrected chi connectivity index (χ1v) is 8.09. The molecule has 2 atom stereocenters. The zero-order chi connectivity index (χ0) is 12.8. The van der Waals surface area contributed by atoms with Gasteiger partial charge in [-0.25, -0.2) is 0 Å². The van der Waals surface area contributed by atoms with E-state index in [1.165, 1.54) is 0 Å². The molecule has 2 saturated heterocycles. The minimum absolute atomic E-state index is 0.210. The summed E-state index contributed by atoms with van der Waals surface area (Å²) in [6.07, 6.45) is 1.09. The van der Waals surface area contributed by atoms with E-state index in [1.54, 1.807) is 14.2 Å². The molecule has 0 bridgehead atoms. The second kappa shape index (κ2) is 7.54. The molecule has 0 saturated carbocycles. The van der Waals surface area contributed by atoms with E-state index < -0.39 is 9.28 Å². The van der Waals surface area contributed by atoms with Crippen LogP contribution in [0.4, 0.5) is 0 Å². The van der Waals surface area contributed by atoms with E-state index in [9.17, 15) is 0 Å². The lowest BCUT2D eigenvalue weighted by molar-refractivity contribution is -0.148. The first-order valence-electron chi connectivity index (χ1n) is 6.33. The van der Waals surface area contributed by atoms with Gasteiger partial charge in [0.15, 0.2) is 6.29 Å². The third-order valence-electron chi connectivity index (χ3n) is 2.90. The summed E-state index contributed by atoms with van der Waals surface area (Å²) in [5.74, 6) is 0. The molecule has 2 fully saturated rings. The maximum Gasteiger partial charge on any atom is 0.321 e. The van der Waals surface area contributed by atoms with E-state index in [-0.39, 0.29) is 18.5 Å². The molecule has 0 spiro atoms. The Bertz CT molecular complexity index is 214. The highest BCUT2D eigenvalue weighted by atomic mass is 28.3. The lowest BCUT2D eigenvalue weighted by Crippen LogP contribution is -2.26. The lowest BCUT2D eigenvalue weighted by Gasteiger charge is -2.19. The molecule has 0 N–H and O–H groups in total. The summed E-state index contributed by atoms with van der Waals surface area (Å²) >= 11 is 0. The normalized spacial score (nSPS) is 27.5. The van der Waals surface area contributed by atoms with Crippen LogP contribution in [0, 0.1) is 0 Å². The fourth-order valence-electron chi connectivity index (χ4n) is 1.58. The third kappa shape index (κ3) is 5.74. The Morgan fingerprint density at radius 3 is 1.94 bits per heavy atom. The lowest BCUT2D eigenvalue weighted by atomic mass is 10.4. The molecule has 0 radical (unpaired) electrons. The molecule has 6 nitrogen and oxygen atoms in total. The van der Waals surface area contributed by atoms with E-state index in [2.05, 4.69) is 0 Å². The molecule has 106 valence electrons. The van der Waals surface area contributed by atoms with Crippen molar-refractivity contribution in [2.75, 3.05) is 40.6 Å². The van der Waals surface area contributed by atoms with Gasteiger partial charge < -0.3 is 27.8 Å². The SMILES string of the molecule is CO[SiH](CCC(OCC1CO1)OCC1CO1)OC. The van der Waals surface area contributed by atoms with Gasteiger partial charge in [0, 0.05) is 20.6 Å². The van der Waals surface area contributed by atoms with Crippen molar-refractivity contribution in [3.05, 3.63) is 0 Å². The molecule has 2 aliphatic rings. The Kier molecular flexibility index (Phi) is 6.03. The van der Waals surface area contributed by atoms with Gasteiger partial charge >= 0.3 is 9.28 Å². The van der Waals surface area contributed by atoms with Crippen molar-refractivity contribution in [1.82, 2.24) is 0 Å². The Morgan fingerprint density at radius 2 is 1.56 bits per heavy atom. The first-order chi connectivity index (χ1) is 8.81. The molecular formula is C11H22O6Si. The van der Waals surface area contributed by atoms with Gasteiger partial charge in [0.05, 0.1) is 26.4 Å². The van der Waals surface area contributed by atoms with Gasteiger partial charge in [-0.2, -0.15) is 0 Å². The average molecular weight is 278 g/mol. The largest absolute Gasteiger partial charge is 0.400 e. The molecule has 7 heteroatoms. The van der Waals surface area contributed by atoms with Gasteiger partial charge in [0.1, 0.15) is 12.2 Å². The van der Waals surface area contributed by atoms with Crippen molar-refractivity contribution in [2.24, 2.45) is 0 Å². The predicted octanol–water partition coefficient (Wildman–Crippen LogP) is 0.0467. The van der Waals surface area contributed by atoms with E-state index in [1.807, 2.05) is 0 Å². The van der Waals surface area contributed by atoms with E-state index >= 15 is 0 Å². The molecule has 2 heterocycles. The van der Waals surface area contributed by atoms with Crippen LogP contribution in [0.2, 0.25) is 6.04 Å². The van der Waals surface area contributed by atoms with E-state index in [0.717, 1.165) is 25.7 Å². The van der Waals surface area contributed by atoms with Gasteiger partial charge in [-0.3, -0.25) is 0 Å². The first kappa shape index (κ1) is 14.4. The standard InChI is InChI=1S/C11H22O6Si/c1-12-18(13-2)4-3-11(16-7-9-5-14-9)17-8-10-6-15-10/h9-11,18H,3-8H2,1-2H3. The van der Waals surface area contributed by atoms with Crippen LogP contribution < -0.4 is 0 Å². The number of hydrogen-bond acceptors (Lipinski definition) is 6.